The molecule has 1 unspecified atom stereocenters. The van der Waals surface area contributed by atoms with Crippen molar-refractivity contribution >= 4 is 0 Å². The summed E-state index contributed by atoms with van der Waals surface area (Å²) in [4.78, 5) is 2.39. The molecule has 1 N–H and O–H groups in total. The third-order valence-electron chi connectivity index (χ3n) is 3.74. The van der Waals surface area contributed by atoms with E-state index in [0.29, 0.717) is 24.1 Å². The number of hydrogen-bond donors (Lipinski definition) is 1. The van der Waals surface area contributed by atoms with E-state index in [2.05, 4.69) is 18.7 Å². The maximum atomic E-state index is 9.21. The lowest BCUT2D eigenvalue weighted by atomic mass is 10.2. The molecule has 1 fully saturated rings. The average molecular weight is 295 g/mol. The number of aliphatic hydroxyl groups excluding tert-OH is 1. The van der Waals surface area contributed by atoms with Gasteiger partial charge in [-0.3, -0.25) is 4.90 Å². The zero-order valence-electron chi connectivity index (χ0n) is 13.0. The number of morpholine rings is 1. The standard InChI is InChI=1S/C16H25NO4/c1-12(2)17-6-7-20-14(9-17)11-21-16-8-13(10-18)4-5-15(16)19-3/h4-5,8,12,14,18H,6-7,9-11H2,1-3H3. The molecule has 1 saturated heterocycles. The highest BCUT2D eigenvalue weighted by molar-refractivity contribution is 5.42. The van der Waals surface area contributed by atoms with Crippen LogP contribution in [0.15, 0.2) is 18.2 Å². The van der Waals surface area contributed by atoms with Gasteiger partial charge in [0.25, 0.3) is 0 Å². The number of hydrogen-bond acceptors (Lipinski definition) is 5. The van der Waals surface area contributed by atoms with Gasteiger partial charge < -0.3 is 19.3 Å². The lowest BCUT2D eigenvalue weighted by Crippen LogP contribution is -2.47. The van der Waals surface area contributed by atoms with Crippen molar-refractivity contribution in [2.45, 2.75) is 32.6 Å². The topological polar surface area (TPSA) is 51.2 Å². The van der Waals surface area contributed by atoms with Crippen molar-refractivity contribution in [2.24, 2.45) is 0 Å². The molecule has 0 radical (unpaired) electrons. The van der Waals surface area contributed by atoms with Gasteiger partial charge in [-0.15, -0.1) is 0 Å². The largest absolute Gasteiger partial charge is 0.493 e. The van der Waals surface area contributed by atoms with Crippen LogP contribution in [0, 0.1) is 0 Å². The monoisotopic (exact) mass is 295 g/mol. The van der Waals surface area contributed by atoms with Gasteiger partial charge in [0, 0.05) is 19.1 Å². The summed E-state index contributed by atoms with van der Waals surface area (Å²) in [6.45, 7) is 7.43. The van der Waals surface area contributed by atoms with Crippen LogP contribution in [-0.4, -0.2) is 55.6 Å². The van der Waals surface area contributed by atoms with Crippen LogP contribution in [0.5, 0.6) is 11.5 Å². The summed E-state index contributed by atoms with van der Waals surface area (Å²) in [5, 5.41) is 9.21. The molecule has 118 valence electrons. The fourth-order valence-corrected chi connectivity index (χ4v) is 2.43. The molecule has 0 aromatic heterocycles. The number of benzene rings is 1. The van der Waals surface area contributed by atoms with Gasteiger partial charge in [-0.05, 0) is 31.5 Å². The fraction of sp³-hybridized carbons (Fsp3) is 0.625. The summed E-state index contributed by atoms with van der Waals surface area (Å²) < 4.78 is 16.9. The third-order valence-corrected chi connectivity index (χ3v) is 3.74. The Morgan fingerprint density at radius 1 is 1.38 bits per heavy atom. The molecule has 0 spiro atoms. The van der Waals surface area contributed by atoms with E-state index in [1.165, 1.54) is 0 Å². The van der Waals surface area contributed by atoms with Crippen LogP contribution < -0.4 is 9.47 Å². The highest BCUT2D eigenvalue weighted by atomic mass is 16.5. The SMILES string of the molecule is COc1ccc(CO)cc1OCC1CN(C(C)C)CCO1. The normalized spacial score (nSPS) is 19.8. The Kier molecular flexibility index (Phi) is 5.85. The van der Waals surface area contributed by atoms with Crippen molar-refractivity contribution in [1.29, 1.82) is 0 Å². The van der Waals surface area contributed by atoms with Crippen molar-refractivity contribution in [1.82, 2.24) is 4.90 Å². The number of nitrogens with zero attached hydrogens (tertiary/aromatic N) is 1. The molecule has 1 atom stereocenters. The van der Waals surface area contributed by atoms with E-state index in [4.69, 9.17) is 14.2 Å². The number of ether oxygens (including phenoxy) is 3. The van der Waals surface area contributed by atoms with E-state index in [1.807, 2.05) is 18.2 Å². The molecule has 0 aliphatic carbocycles. The van der Waals surface area contributed by atoms with Crippen molar-refractivity contribution < 1.29 is 19.3 Å². The molecule has 0 bridgehead atoms. The number of methoxy groups -OCH3 is 1. The molecule has 0 saturated carbocycles. The second-order valence-corrected chi connectivity index (χ2v) is 5.54. The van der Waals surface area contributed by atoms with Crippen molar-refractivity contribution in [2.75, 3.05) is 33.4 Å². The maximum Gasteiger partial charge on any atom is 0.161 e. The van der Waals surface area contributed by atoms with Crippen molar-refractivity contribution in [3.8, 4) is 11.5 Å². The van der Waals surface area contributed by atoms with Crippen LogP contribution in [0.25, 0.3) is 0 Å². The summed E-state index contributed by atoms with van der Waals surface area (Å²) in [5.41, 5.74) is 0.805. The quantitative estimate of drug-likeness (QED) is 0.865. The molecule has 21 heavy (non-hydrogen) atoms. The molecule has 1 aromatic rings. The highest BCUT2D eigenvalue weighted by Crippen LogP contribution is 2.28. The Morgan fingerprint density at radius 3 is 2.86 bits per heavy atom. The lowest BCUT2D eigenvalue weighted by molar-refractivity contribution is -0.0566. The number of aliphatic hydroxyl groups is 1. The predicted molar refractivity (Wildman–Crippen MR) is 80.9 cm³/mol. The van der Waals surface area contributed by atoms with Crippen LogP contribution >= 0.6 is 0 Å². The van der Waals surface area contributed by atoms with E-state index in [0.717, 1.165) is 25.3 Å². The summed E-state index contributed by atoms with van der Waals surface area (Å²) in [6, 6.07) is 5.96. The minimum absolute atomic E-state index is 0.0125. The molecular weight excluding hydrogens is 270 g/mol. The maximum absolute atomic E-state index is 9.21. The van der Waals surface area contributed by atoms with Crippen LogP contribution in [-0.2, 0) is 11.3 Å². The van der Waals surface area contributed by atoms with Gasteiger partial charge in [0.15, 0.2) is 11.5 Å². The first-order chi connectivity index (χ1) is 10.1. The first-order valence-corrected chi connectivity index (χ1v) is 7.40. The Hall–Kier alpha value is -1.30. The third kappa shape index (κ3) is 4.33. The molecule has 1 aliphatic heterocycles. The summed E-state index contributed by atoms with van der Waals surface area (Å²) in [7, 11) is 1.61. The zero-order valence-corrected chi connectivity index (χ0v) is 13.0. The zero-order chi connectivity index (χ0) is 15.2. The van der Waals surface area contributed by atoms with Gasteiger partial charge in [0.2, 0.25) is 0 Å². The summed E-state index contributed by atoms with van der Waals surface area (Å²) in [5.74, 6) is 1.32. The molecule has 1 aromatic carbocycles. The van der Waals surface area contributed by atoms with Crippen LogP contribution in [0.2, 0.25) is 0 Å². The Morgan fingerprint density at radius 2 is 2.19 bits per heavy atom. The van der Waals surface area contributed by atoms with Gasteiger partial charge in [0.05, 0.1) is 20.3 Å². The smallest absolute Gasteiger partial charge is 0.161 e. The van der Waals surface area contributed by atoms with Crippen LogP contribution in [0.3, 0.4) is 0 Å². The second-order valence-electron chi connectivity index (χ2n) is 5.54. The Bertz CT molecular complexity index is 450. The molecule has 1 heterocycles. The van der Waals surface area contributed by atoms with Gasteiger partial charge in [-0.25, -0.2) is 0 Å². The second kappa shape index (κ2) is 7.64. The molecular formula is C16H25NO4. The minimum atomic E-state index is -0.0125. The van der Waals surface area contributed by atoms with Gasteiger partial charge in [0.1, 0.15) is 12.7 Å². The van der Waals surface area contributed by atoms with E-state index in [9.17, 15) is 5.11 Å². The van der Waals surface area contributed by atoms with Gasteiger partial charge in [-0.2, -0.15) is 0 Å². The Labute approximate surface area is 126 Å². The summed E-state index contributed by atoms with van der Waals surface area (Å²) in [6.07, 6.45) is 0.0589. The molecule has 1 aliphatic rings. The van der Waals surface area contributed by atoms with E-state index in [-0.39, 0.29) is 12.7 Å². The van der Waals surface area contributed by atoms with Crippen molar-refractivity contribution in [3.63, 3.8) is 0 Å². The average Bonchev–Trinajstić information content (AvgIpc) is 2.52. The molecule has 5 heteroatoms. The molecule has 5 nitrogen and oxygen atoms in total. The fourth-order valence-electron chi connectivity index (χ4n) is 2.43. The first kappa shape index (κ1) is 16.1. The van der Waals surface area contributed by atoms with Crippen molar-refractivity contribution in [3.05, 3.63) is 23.8 Å². The molecule has 0 amide bonds. The van der Waals surface area contributed by atoms with Gasteiger partial charge >= 0.3 is 0 Å². The lowest BCUT2D eigenvalue weighted by Gasteiger charge is -2.35. The minimum Gasteiger partial charge on any atom is -0.493 e. The van der Waals surface area contributed by atoms with Gasteiger partial charge in [-0.1, -0.05) is 6.07 Å². The highest BCUT2D eigenvalue weighted by Gasteiger charge is 2.23. The predicted octanol–water partition coefficient (Wildman–Crippen LogP) is 1.68. The van der Waals surface area contributed by atoms with E-state index >= 15 is 0 Å². The number of rotatable bonds is 6. The van der Waals surface area contributed by atoms with E-state index in [1.54, 1.807) is 7.11 Å². The summed E-state index contributed by atoms with van der Waals surface area (Å²) >= 11 is 0. The first-order valence-electron chi connectivity index (χ1n) is 7.40. The molecule has 2 rings (SSSR count). The van der Waals surface area contributed by atoms with E-state index < -0.39 is 0 Å². The van der Waals surface area contributed by atoms with Crippen LogP contribution in [0.1, 0.15) is 19.4 Å². The van der Waals surface area contributed by atoms with Crippen LogP contribution in [0.4, 0.5) is 0 Å². The Balaban J connectivity index is 1.95.